The van der Waals surface area contributed by atoms with Crippen molar-refractivity contribution in [3.8, 4) is 0 Å². The van der Waals surface area contributed by atoms with Gasteiger partial charge in [0.25, 0.3) is 0 Å². The smallest absolute Gasteiger partial charge is 0.138 e. The van der Waals surface area contributed by atoms with Gasteiger partial charge in [-0.05, 0) is 26.2 Å². The SMILES string of the molecule is CCC(C)CC(C)Nc1nc(C(C)(C)C)nc(NC)c1C. The lowest BCUT2D eigenvalue weighted by Gasteiger charge is -2.23. The minimum absolute atomic E-state index is 0.0598. The van der Waals surface area contributed by atoms with Gasteiger partial charge in [-0.2, -0.15) is 0 Å². The Labute approximate surface area is 130 Å². The maximum atomic E-state index is 4.76. The Morgan fingerprint density at radius 3 is 2.14 bits per heavy atom. The molecule has 0 aliphatic carbocycles. The van der Waals surface area contributed by atoms with Crippen LogP contribution in [0.25, 0.3) is 0 Å². The van der Waals surface area contributed by atoms with Crippen LogP contribution < -0.4 is 10.6 Å². The van der Waals surface area contributed by atoms with Gasteiger partial charge < -0.3 is 10.6 Å². The number of rotatable bonds is 6. The van der Waals surface area contributed by atoms with Crippen molar-refractivity contribution in [3.05, 3.63) is 11.4 Å². The molecule has 2 N–H and O–H groups in total. The molecule has 120 valence electrons. The van der Waals surface area contributed by atoms with Crippen molar-refractivity contribution in [3.63, 3.8) is 0 Å². The maximum Gasteiger partial charge on any atom is 0.138 e. The predicted molar refractivity (Wildman–Crippen MR) is 92.2 cm³/mol. The van der Waals surface area contributed by atoms with Gasteiger partial charge in [0.2, 0.25) is 0 Å². The highest BCUT2D eigenvalue weighted by molar-refractivity contribution is 5.57. The molecule has 0 spiro atoms. The summed E-state index contributed by atoms with van der Waals surface area (Å²) in [6.07, 6.45) is 2.36. The normalized spacial score (nSPS) is 14.7. The van der Waals surface area contributed by atoms with Crippen LogP contribution in [-0.2, 0) is 5.41 Å². The van der Waals surface area contributed by atoms with E-state index in [1.165, 1.54) is 6.42 Å². The van der Waals surface area contributed by atoms with E-state index in [1.807, 2.05) is 7.05 Å². The van der Waals surface area contributed by atoms with Crippen molar-refractivity contribution < 1.29 is 0 Å². The fourth-order valence-corrected chi connectivity index (χ4v) is 2.30. The molecular weight excluding hydrogens is 260 g/mol. The molecular formula is C17H32N4. The molecule has 0 aromatic carbocycles. The molecule has 0 amide bonds. The zero-order chi connectivity index (χ0) is 16.2. The van der Waals surface area contributed by atoms with Crippen molar-refractivity contribution in [2.45, 2.75) is 72.8 Å². The van der Waals surface area contributed by atoms with Crippen LogP contribution in [-0.4, -0.2) is 23.1 Å². The first kappa shape index (κ1) is 17.7. The van der Waals surface area contributed by atoms with Gasteiger partial charge in [0.1, 0.15) is 17.5 Å². The molecule has 0 radical (unpaired) electrons. The molecule has 0 saturated carbocycles. The van der Waals surface area contributed by atoms with E-state index in [2.05, 4.69) is 64.1 Å². The van der Waals surface area contributed by atoms with Gasteiger partial charge >= 0.3 is 0 Å². The summed E-state index contributed by atoms with van der Waals surface area (Å²) in [5.74, 6) is 3.46. The molecule has 1 aromatic rings. The first-order chi connectivity index (χ1) is 9.68. The number of hydrogen-bond acceptors (Lipinski definition) is 4. The van der Waals surface area contributed by atoms with E-state index in [0.29, 0.717) is 6.04 Å². The van der Waals surface area contributed by atoms with Gasteiger partial charge in [-0.15, -0.1) is 0 Å². The highest BCUT2D eigenvalue weighted by Gasteiger charge is 2.21. The van der Waals surface area contributed by atoms with Gasteiger partial charge in [-0.1, -0.05) is 41.0 Å². The van der Waals surface area contributed by atoms with Crippen LogP contribution in [0.5, 0.6) is 0 Å². The lowest BCUT2D eigenvalue weighted by molar-refractivity contribution is 0.482. The number of aromatic nitrogens is 2. The molecule has 2 atom stereocenters. The third-order valence-corrected chi connectivity index (χ3v) is 3.89. The average Bonchev–Trinajstić information content (AvgIpc) is 2.39. The summed E-state index contributed by atoms with van der Waals surface area (Å²) in [6.45, 7) is 15.3. The Kier molecular flexibility index (Phi) is 5.99. The molecule has 1 rings (SSSR count). The zero-order valence-electron chi connectivity index (χ0n) is 15.0. The molecule has 0 bridgehead atoms. The topological polar surface area (TPSA) is 49.8 Å². The van der Waals surface area contributed by atoms with Crippen molar-refractivity contribution in [2.24, 2.45) is 5.92 Å². The Bertz CT molecular complexity index is 463. The van der Waals surface area contributed by atoms with E-state index in [9.17, 15) is 0 Å². The molecule has 2 unspecified atom stereocenters. The molecule has 0 saturated heterocycles. The fraction of sp³-hybridized carbons (Fsp3) is 0.765. The zero-order valence-corrected chi connectivity index (χ0v) is 15.0. The third kappa shape index (κ3) is 4.87. The van der Waals surface area contributed by atoms with Crippen molar-refractivity contribution in [1.82, 2.24) is 9.97 Å². The lowest BCUT2D eigenvalue weighted by atomic mass is 9.95. The molecule has 1 aromatic heterocycles. The van der Waals surface area contributed by atoms with Gasteiger partial charge in [0.05, 0.1) is 0 Å². The summed E-state index contributed by atoms with van der Waals surface area (Å²) in [4.78, 5) is 9.41. The van der Waals surface area contributed by atoms with Gasteiger partial charge in [0.15, 0.2) is 0 Å². The summed E-state index contributed by atoms with van der Waals surface area (Å²) in [7, 11) is 1.91. The van der Waals surface area contributed by atoms with E-state index in [-0.39, 0.29) is 5.41 Å². The molecule has 4 heteroatoms. The van der Waals surface area contributed by atoms with Crippen LogP contribution in [0.15, 0.2) is 0 Å². The molecule has 21 heavy (non-hydrogen) atoms. The third-order valence-electron chi connectivity index (χ3n) is 3.89. The number of nitrogens with one attached hydrogen (secondary N) is 2. The summed E-state index contributed by atoms with van der Waals surface area (Å²) in [6, 6.07) is 0.408. The molecule has 0 fully saturated rings. The van der Waals surface area contributed by atoms with Crippen molar-refractivity contribution >= 4 is 11.6 Å². The van der Waals surface area contributed by atoms with Crippen LogP contribution in [0.2, 0.25) is 0 Å². The standard InChI is InChI=1S/C17H32N4/c1-9-11(2)10-12(3)19-15-13(4)14(18-8)20-16(21-15)17(5,6)7/h11-12H,9-10H2,1-8H3,(H2,18,19,20,21). The number of nitrogens with zero attached hydrogens (tertiary/aromatic N) is 2. The van der Waals surface area contributed by atoms with E-state index in [1.54, 1.807) is 0 Å². The summed E-state index contributed by atoms with van der Waals surface area (Å²) >= 11 is 0. The second-order valence-corrected chi connectivity index (χ2v) is 7.16. The first-order valence-corrected chi connectivity index (χ1v) is 8.02. The highest BCUT2D eigenvalue weighted by Crippen LogP contribution is 2.27. The van der Waals surface area contributed by atoms with Crippen molar-refractivity contribution in [1.29, 1.82) is 0 Å². The lowest BCUT2D eigenvalue weighted by Crippen LogP contribution is -2.23. The molecule has 0 aliphatic rings. The highest BCUT2D eigenvalue weighted by atomic mass is 15.1. The minimum Gasteiger partial charge on any atom is -0.373 e. The monoisotopic (exact) mass is 292 g/mol. The first-order valence-electron chi connectivity index (χ1n) is 8.02. The Morgan fingerprint density at radius 1 is 1.10 bits per heavy atom. The van der Waals surface area contributed by atoms with E-state index in [0.717, 1.165) is 35.4 Å². The largest absolute Gasteiger partial charge is 0.373 e. The Morgan fingerprint density at radius 2 is 1.67 bits per heavy atom. The fourth-order valence-electron chi connectivity index (χ4n) is 2.30. The predicted octanol–water partition coefficient (Wildman–Crippen LogP) is 4.36. The van der Waals surface area contributed by atoms with Crippen LogP contribution >= 0.6 is 0 Å². The Balaban J connectivity index is 3.05. The second kappa shape index (κ2) is 7.10. The summed E-state index contributed by atoms with van der Waals surface area (Å²) in [5.41, 5.74) is 1.02. The van der Waals surface area contributed by atoms with Gasteiger partial charge in [-0.3, -0.25) is 0 Å². The number of anilines is 2. The Hall–Kier alpha value is -1.32. The van der Waals surface area contributed by atoms with E-state index >= 15 is 0 Å². The van der Waals surface area contributed by atoms with E-state index in [4.69, 9.17) is 4.98 Å². The maximum absolute atomic E-state index is 4.76. The van der Waals surface area contributed by atoms with Crippen LogP contribution in [0.4, 0.5) is 11.6 Å². The van der Waals surface area contributed by atoms with Crippen LogP contribution in [0, 0.1) is 12.8 Å². The summed E-state index contributed by atoms with van der Waals surface area (Å²) in [5, 5.41) is 6.75. The summed E-state index contributed by atoms with van der Waals surface area (Å²) < 4.78 is 0. The van der Waals surface area contributed by atoms with Crippen LogP contribution in [0.1, 0.15) is 65.8 Å². The second-order valence-electron chi connectivity index (χ2n) is 7.16. The minimum atomic E-state index is -0.0598. The quantitative estimate of drug-likeness (QED) is 0.818. The van der Waals surface area contributed by atoms with Gasteiger partial charge in [0, 0.05) is 24.1 Å². The molecule has 1 heterocycles. The van der Waals surface area contributed by atoms with E-state index < -0.39 is 0 Å². The van der Waals surface area contributed by atoms with Crippen LogP contribution in [0.3, 0.4) is 0 Å². The molecule has 4 nitrogen and oxygen atoms in total. The van der Waals surface area contributed by atoms with Crippen molar-refractivity contribution in [2.75, 3.05) is 17.7 Å². The average molecular weight is 292 g/mol. The van der Waals surface area contributed by atoms with Gasteiger partial charge in [-0.25, -0.2) is 9.97 Å². The molecule has 0 aliphatic heterocycles. The number of hydrogen-bond donors (Lipinski definition) is 2.